The number of nitrogens with zero attached hydrogens (tertiary/aromatic N) is 1. The number of ether oxygens (including phenoxy) is 1. The van der Waals surface area contributed by atoms with Gasteiger partial charge in [-0.2, -0.15) is 0 Å². The first kappa shape index (κ1) is 14.5. The molecule has 5 nitrogen and oxygen atoms in total. The largest absolute Gasteiger partial charge is 0.492 e. The number of hydrogen-bond acceptors (Lipinski definition) is 5. The molecule has 0 amide bonds. The molecule has 2 rings (SSSR count). The molecule has 0 bridgehead atoms. The number of nitrogens with one attached hydrogen (secondary N) is 1. The molecule has 0 aliphatic rings. The van der Waals surface area contributed by atoms with Crippen LogP contribution >= 0.6 is 11.3 Å². The van der Waals surface area contributed by atoms with Crippen LogP contribution in [0.3, 0.4) is 0 Å². The van der Waals surface area contributed by atoms with Crippen LogP contribution in [0.1, 0.15) is 21.1 Å². The van der Waals surface area contributed by atoms with Crippen LogP contribution in [0.25, 0.3) is 0 Å². The minimum atomic E-state index is -0.951. The van der Waals surface area contributed by atoms with Gasteiger partial charge in [-0.05, 0) is 25.1 Å². The molecule has 1 heterocycles. The summed E-state index contributed by atoms with van der Waals surface area (Å²) in [5.74, 6) is -0.385. The highest BCUT2D eigenvalue weighted by Gasteiger charge is 2.03. The van der Waals surface area contributed by atoms with Gasteiger partial charge >= 0.3 is 5.97 Å². The summed E-state index contributed by atoms with van der Waals surface area (Å²) in [6.07, 6.45) is 0. The van der Waals surface area contributed by atoms with Gasteiger partial charge in [0, 0.05) is 24.2 Å². The smallest absolute Gasteiger partial charge is 0.335 e. The monoisotopic (exact) mass is 292 g/mol. The molecule has 0 aliphatic carbocycles. The number of hydrogen-bond donors (Lipinski definition) is 2. The highest BCUT2D eigenvalue weighted by atomic mass is 32.1. The van der Waals surface area contributed by atoms with Gasteiger partial charge in [0.25, 0.3) is 0 Å². The Bertz CT molecular complexity index is 583. The fourth-order valence-electron chi connectivity index (χ4n) is 1.64. The summed E-state index contributed by atoms with van der Waals surface area (Å²) < 4.78 is 5.50. The lowest BCUT2D eigenvalue weighted by Gasteiger charge is -2.07. The first-order valence-corrected chi connectivity index (χ1v) is 7.11. The van der Waals surface area contributed by atoms with E-state index in [2.05, 4.69) is 10.3 Å². The average molecular weight is 292 g/mol. The number of rotatable bonds is 7. The van der Waals surface area contributed by atoms with Gasteiger partial charge < -0.3 is 15.2 Å². The number of carboxylic acids is 1. The van der Waals surface area contributed by atoms with E-state index < -0.39 is 5.97 Å². The molecule has 2 aromatic rings. The van der Waals surface area contributed by atoms with Crippen LogP contribution in [0, 0.1) is 6.92 Å². The second-order valence-corrected chi connectivity index (χ2v) is 5.18. The van der Waals surface area contributed by atoms with Crippen molar-refractivity contribution in [3.8, 4) is 5.75 Å². The van der Waals surface area contributed by atoms with Crippen LogP contribution in [-0.4, -0.2) is 29.2 Å². The maximum atomic E-state index is 10.8. The Hall–Kier alpha value is -1.92. The highest BCUT2D eigenvalue weighted by molar-refractivity contribution is 7.09. The molecule has 2 N–H and O–H groups in total. The van der Waals surface area contributed by atoms with E-state index in [1.807, 2.05) is 12.3 Å². The SMILES string of the molecule is Cc1csc(CNCCOc2cccc(C(=O)O)c2)n1. The second-order valence-electron chi connectivity index (χ2n) is 4.24. The van der Waals surface area contributed by atoms with E-state index in [0.29, 0.717) is 18.9 Å². The fraction of sp³-hybridized carbons (Fsp3) is 0.286. The number of aromatic carboxylic acids is 1. The van der Waals surface area contributed by atoms with E-state index in [1.54, 1.807) is 23.5 Å². The first-order chi connectivity index (χ1) is 9.65. The molecule has 1 aromatic carbocycles. The summed E-state index contributed by atoms with van der Waals surface area (Å²) in [5.41, 5.74) is 1.27. The van der Waals surface area contributed by atoms with E-state index in [9.17, 15) is 4.79 Å². The normalized spacial score (nSPS) is 10.4. The third-order valence-electron chi connectivity index (χ3n) is 2.57. The van der Waals surface area contributed by atoms with Crippen LogP contribution in [0.15, 0.2) is 29.6 Å². The summed E-state index contributed by atoms with van der Waals surface area (Å²) in [5, 5.41) is 15.2. The number of aromatic nitrogens is 1. The van der Waals surface area contributed by atoms with Gasteiger partial charge in [0.15, 0.2) is 0 Å². The summed E-state index contributed by atoms with van der Waals surface area (Å²) in [6.45, 7) is 3.85. The average Bonchev–Trinajstić information content (AvgIpc) is 2.84. The van der Waals surface area contributed by atoms with E-state index >= 15 is 0 Å². The van der Waals surface area contributed by atoms with Crippen molar-refractivity contribution in [1.82, 2.24) is 10.3 Å². The highest BCUT2D eigenvalue weighted by Crippen LogP contribution is 2.13. The number of benzene rings is 1. The Morgan fingerprint density at radius 2 is 2.35 bits per heavy atom. The molecule has 0 fully saturated rings. The molecule has 0 spiro atoms. The van der Waals surface area contributed by atoms with Crippen molar-refractivity contribution in [3.05, 3.63) is 45.9 Å². The topological polar surface area (TPSA) is 71.5 Å². The van der Waals surface area contributed by atoms with Crippen molar-refractivity contribution in [3.63, 3.8) is 0 Å². The molecule has 0 saturated carbocycles. The van der Waals surface area contributed by atoms with E-state index in [-0.39, 0.29) is 5.56 Å². The standard InChI is InChI=1S/C14H16N2O3S/c1-10-9-20-13(16-10)8-15-5-6-19-12-4-2-3-11(7-12)14(17)18/h2-4,7,9,15H,5-6,8H2,1H3,(H,17,18). The van der Waals surface area contributed by atoms with Crippen molar-refractivity contribution in [2.45, 2.75) is 13.5 Å². The van der Waals surface area contributed by atoms with Gasteiger partial charge in [0.1, 0.15) is 17.4 Å². The Balaban J connectivity index is 1.70. The zero-order valence-corrected chi connectivity index (χ0v) is 11.9. The number of carboxylic acid groups (broad SMARTS) is 1. The third-order valence-corrected chi connectivity index (χ3v) is 3.54. The molecular formula is C14H16N2O3S. The lowest BCUT2D eigenvalue weighted by molar-refractivity contribution is 0.0696. The Morgan fingerprint density at radius 1 is 1.50 bits per heavy atom. The van der Waals surface area contributed by atoms with E-state index in [0.717, 1.165) is 17.2 Å². The van der Waals surface area contributed by atoms with Crippen molar-refractivity contribution < 1.29 is 14.6 Å². The Kier molecular flexibility index (Phi) is 5.09. The Morgan fingerprint density at radius 3 is 3.05 bits per heavy atom. The second kappa shape index (κ2) is 7.02. The van der Waals surface area contributed by atoms with Crippen molar-refractivity contribution >= 4 is 17.3 Å². The molecule has 0 unspecified atom stereocenters. The van der Waals surface area contributed by atoms with Gasteiger partial charge in [-0.1, -0.05) is 6.07 Å². The summed E-state index contributed by atoms with van der Waals surface area (Å²) in [4.78, 5) is 15.2. The van der Waals surface area contributed by atoms with E-state index in [1.165, 1.54) is 12.1 Å². The van der Waals surface area contributed by atoms with Crippen LogP contribution in [0.5, 0.6) is 5.75 Å². The maximum absolute atomic E-state index is 10.8. The zero-order chi connectivity index (χ0) is 14.4. The molecule has 20 heavy (non-hydrogen) atoms. The quantitative estimate of drug-likeness (QED) is 0.766. The summed E-state index contributed by atoms with van der Waals surface area (Å²) in [7, 11) is 0. The van der Waals surface area contributed by atoms with Gasteiger partial charge in [0.2, 0.25) is 0 Å². The van der Waals surface area contributed by atoms with Crippen LogP contribution in [0.2, 0.25) is 0 Å². The predicted octanol–water partition coefficient (Wildman–Crippen LogP) is 2.32. The maximum Gasteiger partial charge on any atom is 0.335 e. The molecule has 0 radical (unpaired) electrons. The number of thiazole rings is 1. The minimum Gasteiger partial charge on any atom is -0.492 e. The van der Waals surface area contributed by atoms with Crippen LogP contribution in [0.4, 0.5) is 0 Å². The fourth-order valence-corrected chi connectivity index (χ4v) is 2.38. The number of carbonyl (C=O) groups is 1. The Labute approximate surface area is 121 Å². The molecule has 6 heteroatoms. The zero-order valence-electron chi connectivity index (χ0n) is 11.1. The van der Waals surface area contributed by atoms with Gasteiger partial charge in [-0.25, -0.2) is 9.78 Å². The lowest BCUT2D eigenvalue weighted by Crippen LogP contribution is -2.20. The molecular weight excluding hydrogens is 276 g/mol. The van der Waals surface area contributed by atoms with Crippen molar-refractivity contribution in [2.75, 3.05) is 13.2 Å². The minimum absolute atomic E-state index is 0.230. The van der Waals surface area contributed by atoms with Crippen LogP contribution in [-0.2, 0) is 6.54 Å². The first-order valence-electron chi connectivity index (χ1n) is 6.23. The van der Waals surface area contributed by atoms with Gasteiger partial charge in [-0.3, -0.25) is 0 Å². The van der Waals surface area contributed by atoms with Crippen molar-refractivity contribution in [1.29, 1.82) is 0 Å². The van der Waals surface area contributed by atoms with E-state index in [4.69, 9.17) is 9.84 Å². The molecule has 106 valence electrons. The number of aryl methyl sites for hydroxylation is 1. The van der Waals surface area contributed by atoms with Gasteiger partial charge in [0.05, 0.1) is 5.56 Å². The predicted molar refractivity (Wildman–Crippen MR) is 77.5 cm³/mol. The molecule has 0 saturated heterocycles. The molecule has 0 aliphatic heterocycles. The molecule has 1 aromatic heterocycles. The third kappa shape index (κ3) is 4.32. The summed E-state index contributed by atoms with van der Waals surface area (Å²) in [6, 6.07) is 6.48. The summed E-state index contributed by atoms with van der Waals surface area (Å²) >= 11 is 1.63. The van der Waals surface area contributed by atoms with Crippen LogP contribution < -0.4 is 10.1 Å². The lowest BCUT2D eigenvalue weighted by atomic mass is 10.2. The molecule has 0 atom stereocenters. The van der Waals surface area contributed by atoms with Crippen molar-refractivity contribution in [2.24, 2.45) is 0 Å². The van der Waals surface area contributed by atoms with Gasteiger partial charge in [-0.15, -0.1) is 11.3 Å².